The molecule has 0 unspecified atom stereocenters. The van der Waals surface area contributed by atoms with Crippen molar-refractivity contribution in [2.24, 2.45) is 5.73 Å². The summed E-state index contributed by atoms with van der Waals surface area (Å²) < 4.78 is 1.42. The number of hydrogen-bond acceptors (Lipinski definition) is 5. The zero-order valence-electron chi connectivity index (χ0n) is 8.75. The third kappa shape index (κ3) is 3.02. The molecule has 0 radical (unpaired) electrons. The summed E-state index contributed by atoms with van der Waals surface area (Å²) in [6, 6.07) is -0.966. The zero-order valence-corrected chi connectivity index (χ0v) is 8.75. The van der Waals surface area contributed by atoms with Crippen LogP contribution in [0.25, 0.3) is 0 Å². The van der Waals surface area contributed by atoms with Gasteiger partial charge in [0.1, 0.15) is 6.04 Å². The van der Waals surface area contributed by atoms with Crippen molar-refractivity contribution in [3.05, 3.63) is 11.9 Å². The molecule has 0 fully saturated rings. The zero-order chi connectivity index (χ0) is 12.1. The van der Waals surface area contributed by atoms with Crippen LogP contribution in [-0.4, -0.2) is 44.6 Å². The van der Waals surface area contributed by atoms with E-state index < -0.39 is 17.9 Å². The van der Waals surface area contributed by atoms with E-state index in [1.54, 1.807) is 0 Å². The average molecular weight is 227 g/mol. The minimum Gasteiger partial charge on any atom is -0.480 e. The van der Waals surface area contributed by atoms with Gasteiger partial charge in [-0.2, -0.15) is 0 Å². The fraction of sp³-hybridized carbons (Fsp3) is 0.500. The highest BCUT2D eigenvalue weighted by Gasteiger charge is 2.17. The third-order valence-corrected chi connectivity index (χ3v) is 1.85. The molecule has 4 N–H and O–H groups in total. The van der Waals surface area contributed by atoms with Gasteiger partial charge in [-0.25, -0.2) is 0 Å². The van der Waals surface area contributed by atoms with E-state index in [0.717, 1.165) is 0 Å². The number of carboxylic acids is 1. The molecule has 1 aromatic rings. The Bertz CT molecular complexity index is 389. The molecule has 88 valence electrons. The summed E-state index contributed by atoms with van der Waals surface area (Å²) >= 11 is 0. The van der Waals surface area contributed by atoms with Gasteiger partial charge in [-0.1, -0.05) is 5.21 Å². The summed E-state index contributed by atoms with van der Waals surface area (Å²) in [5.41, 5.74) is 5.37. The van der Waals surface area contributed by atoms with Crippen LogP contribution in [0.4, 0.5) is 0 Å². The summed E-state index contributed by atoms with van der Waals surface area (Å²) in [5.74, 6) is -1.68. The number of aliphatic carboxylic acids is 1. The van der Waals surface area contributed by atoms with E-state index in [1.165, 1.54) is 17.8 Å². The van der Waals surface area contributed by atoms with E-state index in [9.17, 15) is 9.59 Å². The molecule has 8 nitrogen and oxygen atoms in total. The van der Waals surface area contributed by atoms with Gasteiger partial charge in [-0.15, -0.1) is 5.10 Å². The van der Waals surface area contributed by atoms with Crippen molar-refractivity contribution in [3.8, 4) is 0 Å². The maximum absolute atomic E-state index is 11.5. The first kappa shape index (κ1) is 12.1. The van der Waals surface area contributed by atoms with Gasteiger partial charge in [-0.3, -0.25) is 14.3 Å². The number of amides is 1. The Morgan fingerprint density at radius 1 is 1.69 bits per heavy atom. The van der Waals surface area contributed by atoms with Crippen molar-refractivity contribution < 1.29 is 14.7 Å². The molecule has 1 heterocycles. The van der Waals surface area contributed by atoms with Crippen LogP contribution in [0.5, 0.6) is 0 Å². The van der Waals surface area contributed by atoms with Gasteiger partial charge in [0.15, 0.2) is 5.69 Å². The number of hydrogen-bond donors (Lipinski definition) is 3. The summed E-state index contributed by atoms with van der Waals surface area (Å²) in [5, 5.41) is 18.1. The maximum Gasteiger partial charge on any atom is 0.325 e. The number of nitrogens with one attached hydrogen (secondary N) is 1. The molecule has 16 heavy (non-hydrogen) atoms. The quantitative estimate of drug-likeness (QED) is 0.559. The number of aromatic nitrogens is 3. The highest BCUT2D eigenvalue weighted by atomic mass is 16.4. The Balaban J connectivity index is 2.62. The van der Waals surface area contributed by atoms with E-state index in [4.69, 9.17) is 10.8 Å². The second-order valence-electron chi connectivity index (χ2n) is 3.19. The summed E-state index contributed by atoms with van der Waals surface area (Å²) in [6.45, 7) is 2.20. The molecule has 0 aliphatic heterocycles. The predicted octanol–water partition coefficient (Wildman–Crippen LogP) is -1.56. The number of carbonyl (C=O) groups excluding carboxylic acids is 1. The van der Waals surface area contributed by atoms with Crippen LogP contribution in [0.15, 0.2) is 6.20 Å². The lowest BCUT2D eigenvalue weighted by molar-refractivity contribution is -0.138. The summed E-state index contributed by atoms with van der Waals surface area (Å²) in [6.07, 6.45) is 1.41. The molecule has 0 aromatic carbocycles. The lowest BCUT2D eigenvalue weighted by Gasteiger charge is -2.06. The Morgan fingerprint density at radius 2 is 2.38 bits per heavy atom. The molecular weight excluding hydrogens is 214 g/mol. The molecule has 0 aliphatic carbocycles. The fourth-order valence-corrected chi connectivity index (χ4v) is 0.976. The first-order chi connectivity index (χ1) is 7.54. The molecular formula is C8H13N5O3. The van der Waals surface area contributed by atoms with Crippen molar-refractivity contribution in [2.45, 2.75) is 19.5 Å². The van der Waals surface area contributed by atoms with Gasteiger partial charge in [0.05, 0.1) is 12.7 Å². The maximum atomic E-state index is 11.5. The largest absolute Gasteiger partial charge is 0.480 e. The smallest absolute Gasteiger partial charge is 0.325 e. The van der Waals surface area contributed by atoms with Gasteiger partial charge >= 0.3 is 5.97 Å². The van der Waals surface area contributed by atoms with Crippen molar-refractivity contribution >= 4 is 11.9 Å². The molecule has 1 rings (SSSR count). The predicted molar refractivity (Wildman–Crippen MR) is 53.6 cm³/mol. The fourth-order valence-electron chi connectivity index (χ4n) is 0.976. The van der Waals surface area contributed by atoms with Gasteiger partial charge in [0.2, 0.25) is 0 Å². The molecule has 0 aliphatic rings. The lowest BCUT2D eigenvalue weighted by Crippen LogP contribution is -2.38. The third-order valence-electron chi connectivity index (χ3n) is 1.85. The summed E-state index contributed by atoms with van der Waals surface area (Å²) in [7, 11) is 0. The van der Waals surface area contributed by atoms with Crippen molar-refractivity contribution in [1.82, 2.24) is 20.3 Å². The van der Waals surface area contributed by atoms with Crippen molar-refractivity contribution in [1.29, 1.82) is 0 Å². The van der Waals surface area contributed by atoms with E-state index in [0.29, 0.717) is 13.1 Å². The van der Waals surface area contributed by atoms with Crippen LogP contribution in [-0.2, 0) is 11.3 Å². The van der Waals surface area contributed by atoms with Crippen LogP contribution in [0.2, 0.25) is 0 Å². The Hall–Kier alpha value is -1.96. The molecule has 0 spiro atoms. The van der Waals surface area contributed by atoms with E-state index in [2.05, 4.69) is 15.6 Å². The van der Waals surface area contributed by atoms with E-state index in [1.807, 2.05) is 0 Å². The highest BCUT2D eigenvalue weighted by molar-refractivity contribution is 5.94. The van der Waals surface area contributed by atoms with Crippen LogP contribution < -0.4 is 11.1 Å². The molecule has 1 atom stereocenters. The number of rotatable bonds is 5. The Kier molecular flexibility index (Phi) is 3.95. The number of nitrogens with zero attached hydrogens (tertiary/aromatic N) is 3. The number of carboxylic acid groups (broad SMARTS) is 1. The SMILES string of the molecule is C[C@H](NC(=O)c1cn(CCN)nn1)C(=O)O. The van der Waals surface area contributed by atoms with Crippen LogP contribution >= 0.6 is 0 Å². The molecule has 1 aromatic heterocycles. The average Bonchev–Trinajstić information content (AvgIpc) is 2.66. The number of carbonyl (C=O) groups is 2. The lowest BCUT2D eigenvalue weighted by atomic mass is 10.3. The minimum absolute atomic E-state index is 0.0709. The number of nitrogens with two attached hydrogens (primary N) is 1. The summed E-state index contributed by atoms with van der Waals surface area (Å²) in [4.78, 5) is 22.0. The first-order valence-electron chi connectivity index (χ1n) is 4.68. The topological polar surface area (TPSA) is 123 Å². The van der Waals surface area contributed by atoms with Gasteiger partial charge in [0, 0.05) is 6.54 Å². The normalized spacial score (nSPS) is 12.1. The molecule has 8 heteroatoms. The first-order valence-corrected chi connectivity index (χ1v) is 4.68. The van der Waals surface area contributed by atoms with Crippen LogP contribution in [0.3, 0.4) is 0 Å². The Morgan fingerprint density at radius 3 is 2.94 bits per heavy atom. The second kappa shape index (κ2) is 5.21. The Labute approximate surface area is 91.4 Å². The van der Waals surface area contributed by atoms with E-state index >= 15 is 0 Å². The molecule has 0 bridgehead atoms. The minimum atomic E-state index is -1.11. The molecule has 0 saturated heterocycles. The highest BCUT2D eigenvalue weighted by Crippen LogP contribution is 1.94. The van der Waals surface area contributed by atoms with Gasteiger partial charge < -0.3 is 16.2 Å². The standard InChI is InChI=1S/C8H13N5O3/c1-5(8(15)16)10-7(14)6-4-13(3-2-9)12-11-6/h4-5H,2-3,9H2,1H3,(H,10,14)(H,15,16)/t5-/m0/s1. The van der Waals surface area contributed by atoms with Crippen molar-refractivity contribution in [2.75, 3.05) is 6.54 Å². The van der Waals surface area contributed by atoms with Crippen LogP contribution in [0, 0.1) is 0 Å². The van der Waals surface area contributed by atoms with Crippen LogP contribution in [0.1, 0.15) is 17.4 Å². The second-order valence-corrected chi connectivity index (χ2v) is 3.19. The van der Waals surface area contributed by atoms with Crippen molar-refractivity contribution in [3.63, 3.8) is 0 Å². The monoisotopic (exact) mass is 227 g/mol. The molecule has 1 amide bonds. The molecule has 0 saturated carbocycles. The van der Waals surface area contributed by atoms with Gasteiger partial charge in [-0.05, 0) is 6.92 Å². The van der Waals surface area contributed by atoms with Gasteiger partial charge in [0.25, 0.3) is 5.91 Å². The van der Waals surface area contributed by atoms with E-state index in [-0.39, 0.29) is 5.69 Å².